The molecular formula is C24H33N5O2S. The molecule has 0 spiro atoms. The zero-order valence-corrected chi connectivity index (χ0v) is 20.1. The molecule has 32 heavy (non-hydrogen) atoms. The molecule has 2 amide bonds. The van der Waals surface area contributed by atoms with Crippen molar-refractivity contribution in [1.29, 1.82) is 0 Å². The summed E-state index contributed by atoms with van der Waals surface area (Å²) in [7, 11) is 0. The Labute approximate surface area is 194 Å². The SMILES string of the molecule is Cc1ccccc1-n1c(C)nnc1SCC(=O)N1CCN(C(=O)C2CCCCC2)C(C)C1. The molecule has 1 atom stereocenters. The van der Waals surface area contributed by atoms with Crippen molar-refractivity contribution in [2.45, 2.75) is 64.1 Å². The van der Waals surface area contributed by atoms with Gasteiger partial charge in [-0.05, 0) is 45.2 Å². The maximum Gasteiger partial charge on any atom is 0.233 e. The van der Waals surface area contributed by atoms with Gasteiger partial charge in [0.1, 0.15) is 5.82 Å². The lowest BCUT2D eigenvalue weighted by molar-refractivity contribution is -0.145. The molecule has 0 bridgehead atoms. The molecule has 0 N–H and O–H groups in total. The second-order valence-electron chi connectivity index (χ2n) is 9.00. The van der Waals surface area contributed by atoms with Crippen molar-refractivity contribution in [2.24, 2.45) is 5.92 Å². The van der Waals surface area contributed by atoms with Gasteiger partial charge in [-0.15, -0.1) is 10.2 Å². The zero-order valence-electron chi connectivity index (χ0n) is 19.3. The fraction of sp³-hybridized carbons (Fsp3) is 0.583. The summed E-state index contributed by atoms with van der Waals surface area (Å²) in [6.07, 6.45) is 5.60. The standard InChI is InChI=1S/C24H33N5O2S/c1-17-9-7-8-12-21(17)29-19(3)25-26-24(29)32-16-22(30)27-13-14-28(18(2)15-27)23(31)20-10-5-4-6-11-20/h7-9,12,18,20H,4-6,10-11,13-16H2,1-3H3. The summed E-state index contributed by atoms with van der Waals surface area (Å²) in [5.74, 6) is 1.68. The largest absolute Gasteiger partial charge is 0.338 e. The number of hydrogen-bond donors (Lipinski definition) is 0. The fourth-order valence-electron chi connectivity index (χ4n) is 4.84. The molecule has 2 fully saturated rings. The third-order valence-electron chi connectivity index (χ3n) is 6.69. The number of benzene rings is 1. The van der Waals surface area contributed by atoms with Crippen LogP contribution >= 0.6 is 11.8 Å². The second kappa shape index (κ2) is 10.1. The predicted octanol–water partition coefficient (Wildman–Crippen LogP) is 3.62. The summed E-state index contributed by atoms with van der Waals surface area (Å²) in [6.45, 7) is 7.88. The molecule has 1 aliphatic heterocycles. The van der Waals surface area contributed by atoms with E-state index in [0.717, 1.165) is 47.9 Å². The van der Waals surface area contributed by atoms with E-state index in [1.807, 2.05) is 39.5 Å². The molecule has 172 valence electrons. The van der Waals surface area contributed by atoms with Crippen LogP contribution < -0.4 is 0 Å². The Balaban J connectivity index is 1.35. The number of aryl methyl sites for hydroxylation is 2. The Hall–Kier alpha value is -2.35. The molecule has 1 saturated carbocycles. The van der Waals surface area contributed by atoms with E-state index < -0.39 is 0 Å². The van der Waals surface area contributed by atoms with E-state index in [1.165, 1.54) is 18.2 Å². The van der Waals surface area contributed by atoms with Crippen LogP contribution in [0.1, 0.15) is 50.4 Å². The van der Waals surface area contributed by atoms with Gasteiger partial charge in [-0.3, -0.25) is 14.2 Å². The van der Waals surface area contributed by atoms with Gasteiger partial charge in [-0.25, -0.2) is 0 Å². The zero-order chi connectivity index (χ0) is 22.7. The van der Waals surface area contributed by atoms with Gasteiger partial charge >= 0.3 is 0 Å². The highest BCUT2D eigenvalue weighted by molar-refractivity contribution is 7.99. The van der Waals surface area contributed by atoms with Crippen molar-refractivity contribution < 1.29 is 9.59 Å². The third kappa shape index (κ3) is 4.85. The van der Waals surface area contributed by atoms with Crippen LogP contribution in [0.25, 0.3) is 5.69 Å². The van der Waals surface area contributed by atoms with Crippen LogP contribution in [-0.4, -0.2) is 67.8 Å². The Kier molecular flexibility index (Phi) is 7.18. The maximum absolute atomic E-state index is 13.0. The van der Waals surface area contributed by atoms with Crippen molar-refractivity contribution in [2.75, 3.05) is 25.4 Å². The molecule has 4 rings (SSSR count). The highest BCUT2D eigenvalue weighted by Crippen LogP contribution is 2.28. The van der Waals surface area contributed by atoms with E-state index in [1.54, 1.807) is 0 Å². The van der Waals surface area contributed by atoms with Crippen molar-refractivity contribution >= 4 is 23.6 Å². The quantitative estimate of drug-likeness (QED) is 0.644. The van der Waals surface area contributed by atoms with Crippen molar-refractivity contribution in [1.82, 2.24) is 24.6 Å². The molecule has 2 heterocycles. The average Bonchev–Trinajstić information content (AvgIpc) is 3.18. The predicted molar refractivity (Wildman–Crippen MR) is 126 cm³/mol. The Bertz CT molecular complexity index is 969. The minimum absolute atomic E-state index is 0.0602. The Morgan fingerprint density at radius 2 is 1.81 bits per heavy atom. The molecule has 2 aromatic rings. The number of para-hydroxylation sites is 1. The van der Waals surface area contributed by atoms with Crippen LogP contribution in [-0.2, 0) is 9.59 Å². The summed E-state index contributed by atoms with van der Waals surface area (Å²) < 4.78 is 2.01. The van der Waals surface area contributed by atoms with Crippen LogP contribution in [0, 0.1) is 19.8 Å². The van der Waals surface area contributed by atoms with E-state index in [-0.39, 0.29) is 17.9 Å². The number of carbonyl (C=O) groups excluding carboxylic acids is 2. The van der Waals surface area contributed by atoms with E-state index in [2.05, 4.69) is 30.1 Å². The summed E-state index contributed by atoms with van der Waals surface area (Å²) in [5, 5.41) is 9.26. The van der Waals surface area contributed by atoms with Crippen LogP contribution in [0.5, 0.6) is 0 Å². The molecule has 1 unspecified atom stereocenters. The number of rotatable bonds is 5. The van der Waals surface area contributed by atoms with Gasteiger partial charge in [0.2, 0.25) is 11.8 Å². The molecular weight excluding hydrogens is 422 g/mol. The third-order valence-corrected chi connectivity index (χ3v) is 7.61. The van der Waals surface area contributed by atoms with Gasteiger partial charge in [0.25, 0.3) is 0 Å². The first-order chi connectivity index (χ1) is 15.5. The lowest BCUT2D eigenvalue weighted by atomic mass is 9.88. The van der Waals surface area contributed by atoms with Gasteiger partial charge in [0, 0.05) is 31.6 Å². The molecule has 1 aromatic carbocycles. The monoisotopic (exact) mass is 455 g/mol. The summed E-state index contributed by atoms with van der Waals surface area (Å²) in [4.78, 5) is 29.8. The average molecular weight is 456 g/mol. The van der Waals surface area contributed by atoms with Gasteiger partial charge < -0.3 is 9.80 Å². The minimum Gasteiger partial charge on any atom is -0.338 e. The van der Waals surface area contributed by atoms with Gasteiger partial charge in [0.15, 0.2) is 5.16 Å². The molecule has 1 aliphatic carbocycles. The number of aromatic nitrogens is 3. The number of amides is 2. The molecule has 2 aliphatic rings. The Morgan fingerprint density at radius 1 is 1.06 bits per heavy atom. The van der Waals surface area contributed by atoms with Crippen LogP contribution in [0.2, 0.25) is 0 Å². The highest BCUT2D eigenvalue weighted by Gasteiger charge is 2.33. The fourth-order valence-corrected chi connectivity index (χ4v) is 5.73. The van der Waals surface area contributed by atoms with E-state index in [4.69, 9.17) is 0 Å². The van der Waals surface area contributed by atoms with Crippen LogP contribution in [0.15, 0.2) is 29.4 Å². The second-order valence-corrected chi connectivity index (χ2v) is 9.94. The smallest absolute Gasteiger partial charge is 0.233 e. The lowest BCUT2D eigenvalue weighted by Crippen LogP contribution is -2.57. The Morgan fingerprint density at radius 3 is 2.53 bits per heavy atom. The van der Waals surface area contributed by atoms with Crippen molar-refractivity contribution in [3.63, 3.8) is 0 Å². The molecule has 1 aromatic heterocycles. The van der Waals surface area contributed by atoms with Crippen molar-refractivity contribution in [3.8, 4) is 5.69 Å². The van der Waals surface area contributed by atoms with Crippen LogP contribution in [0.4, 0.5) is 0 Å². The lowest BCUT2D eigenvalue weighted by Gasteiger charge is -2.41. The summed E-state index contributed by atoms with van der Waals surface area (Å²) in [6, 6.07) is 8.17. The number of piperazine rings is 1. The van der Waals surface area contributed by atoms with Gasteiger partial charge in [-0.1, -0.05) is 49.2 Å². The highest BCUT2D eigenvalue weighted by atomic mass is 32.2. The number of nitrogens with zero attached hydrogens (tertiary/aromatic N) is 5. The topological polar surface area (TPSA) is 71.3 Å². The van der Waals surface area contributed by atoms with E-state index in [9.17, 15) is 9.59 Å². The molecule has 0 radical (unpaired) electrons. The van der Waals surface area contributed by atoms with Crippen LogP contribution in [0.3, 0.4) is 0 Å². The molecule has 8 heteroatoms. The van der Waals surface area contributed by atoms with Gasteiger partial charge in [0.05, 0.1) is 11.4 Å². The minimum atomic E-state index is 0.0602. The first-order valence-corrected chi connectivity index (χ1v) is 12.6. The molecule has 1 saturated heterocycles. The van der Waals surface area contributed by atoms with E-state index in [0.29, 0.717) is 31.3 Å². The number of hydrogen-bond acceptors (Lipinski definition) is 5. The maximum atomic E-state index is 13.0. The van der Waals surface area contributed by atoms with Gasteiger partial charge in [-0.2, -0.15) is 0 Å². The number of carbonyl (C=O) groups is 2. The number of thioether (sulfide) groups is 1. The van der Waals surface area contributed by atoms with Crippen molar-refractivity contribution in [3.05, 3.63) is 35.7 Å². The summed E-state index contributed by atoms with van der Waals surface area (Å²) >= 11 is 1.42. The molecule has 7 nitrogen and oxygen atoms in total. The summed E-state index contributed by atoms with van der Waals surface area (Å²) in [5.41, 5.74) is 2.17. The normalized spacial score (nSPS) is 19.9. The first kappa shape index (κ1) is 22.8. The van der Waals surface area contributed by atoms with E-state index >= 15 is 0 Å². The first-order valence-electron chi connectivity index (χ1n) is 11.6.